The maximum atomic E-state index is 6.03. The summed E-state index contributed by atoms with van der Waals surface area (Å²) in [4.78, 5) is 4.55. The maximum absolute atomic E-state index is 6.03. The molecule has 1 aromatic heterocycles. The number of ether oxygens (including phenoxy) is 1. The molecule has 122 valence electrons. The monoisotopic (exact) mass is 399 g/mol. The minimum Gasteiger partial charge on any atom is -0.493 e. The number of benzene rings is 2. The van der Waals surface area contributed by atoms with E-state index in [1.165, 1.54) is 11.1 Å². The molecule has 0 aliphatic heterocycles. The van der Waals surface area contributed by atoms with Gasteiger partial charge in [-0.15, -0.1) is 0 Å². The van der Waals surface area contributed by atoms with E-state index in [9.17, 15) is 0 Å². The van der Waals surface area contributed by atoms with Crippen molar-refractivity contribution in [2.45, 2.75) is 20.3 Å². The SMILES string of the molecule is CNc1[n-]c(C)c2cccc(OCCc3ccc(C)cc3)c12.[Pd+2]. The van der Waals surface area contributed by atoms with Crippen LogP contribution >= 0.6 is 0 Å². The minimum absolute atomic E-state index is 0. The number of nitrogens with zero attached hydrogens (tertiary/aromatic N) is 1. The van der Waals surface area contributed by atoms with Gasteiger partial charge in [0.05, 0.1) is 6.61 Å². The van der Waals surface area contributed by atoms with Crippen molar-refractivity contribution in [1.82, 2.24) is 4.98 Å². The molecule has 0 saturated carbocycles. The topological polar surface area (TPSA) is 35.4 Å². The van der Waals surface area contributed by atoms with Gasteiger partial charge in [0.2, 0.25) is 0 Å². The van der Waals surface area contributed by atoms with Crippen LogP contribution in [0.2, 0.25) is 0 Å². The van der Waals surface area contributed by atoms with Crippen LogP contribution in [0, 0.1) is 13.8 Å². The summed E-state index contributed by atoms with van der Waals surface area (Å²) < 4.78 is 6.03. The molecule has 0 bridgehead atoms. The van der Waals surface area contributed by atoms with Gasteiger partial charge in [0, 0.05) is 11.8 Å². The molecule has 3 aromatic rings. The summed E-state index contributed by atoms with van der Waals surface area (Å²) in [5, 5.41) is 5.38. The van der Waals surface area contributed by atoms with E-state index in [2.05, 4.69) is 47.6 Å². The molecule has 1 N–H and O–H groups in total. The average molecular weight is 400 g/mol. The van der Waals surface area contributed by atoms with Crippen molar-refractivity contribution < 1.29 is 25.2 Å². The first kappa shape index (κ1) is 17.6. The van der Waals surface area contributed by atoms with E-state index in [4.69, 9.17) is 4.74 Å². The number of fused-ring (bicyclic) bond motifs is 1. The van der Waals surface area contributed by atoms with Crippen LogP contribution in [0.1, 0.15) is 16.8 Å². The van der Waals surface area contributed by atoms with Crippen molar-refractivity contribution in [1.29, 1.82) is 0 Å². The molecular weight excluding hydrogens is 379 g/mol. The number of aryl methyl sites for hydroxylation is 2. The van der Waals surface area contributed by atoms with E-state index in [1.54, 1.807) is 0 Å². The van der Waals surface area contributed by atoms with E-state index in [0.29, 0.717) is 6.61 Å². The molecule has 0 saturated heterocycles. The van der Waals surface area contributed by atoms with Gasteiger partial charge >= 0.3 is 20.4 Å². The van der Waals surface area contributed by atoms with Gasteiger partial charge in [-0.2, -0.15) is 0 Å². The number of hydrogen-bond acceptors (Lipinski definition) is 2. The Hall–Kier alpha value is -1.76. The smallest absolute Gasteiger partial charge is 0.493 e. The Morgan fingerprint density at radius 3 is 2.48 bits per heavy atom. The molecule has 3 rings (SSSR count). The number of hydrogen-bond donors (Lipinski definition) is 1. The largest absolute Gasteiger partial charge is 2.00 e. The summed E-state index contributed by atoms with van der Waals surface area (Å²) in [6.07, 6.45) is 0.901. The predicted molar refractivity (Wildman–Crippen MR) is 91.9 cm³/mol. The van der Waals surface area contributed by atoms with Crippen molar-refractivity contribution in [3.63, 3.8) is 0 Å². The van der Waals surface area contributed by atoms with E-state index in [0.717, 1.165) is 34.5 Å². The Kier molecular flexibility index (Phi) is 5.87. The molecule has 0 fully saturated rings. The van der Waals surface area contributed by atoms with E-state index in [1.807, 2.05) is 26.1 Å². The Morgan fingerprint density at radius 2 is 1.78 bits per heavy atom. The second-order valence-electron chi connectivity index (χ2n) is 5.56. The zero-order chi connectivity index (χ0) is 15.5. The van der Waals surface area contributed by atoms with E-state index < -0.39 is 0 Å². The zero-order valence-corrected chi connectivity index (χ0v) is 15.2. The average Bonchev–Trinajstić information content (AvgIpc) is 2.87. The molecule has 23 heavy (non-hydrogen) atoms. The summed E-state index contributed by atoms with van der Waals surface area (Å²) in [5.41, 5.74) is 3.61. The summed E-state index contributed by atoms with van der Waals surface area (Å²) in [7, 11) is 1.89. The molecule has 0 spiro atoms. The molecule has 0 amide bonds. The first-order chi connectivity index (χ1) is 10.7. The van der Waals surface area contributed by atoms with E-state index >= 15 is 0 Å². The van der Waals surface area contributed by atoms with Crippen LogP contribution in [0.3, 0.4) is 0 Å². The molecule has 3 nitrogen and oxygen atoms in total. The van der Waals surface area contributed by atoms with Gasteiger partial charge in [-0.1, -0.05) is 60.5 Å². The number of rotatable bonds is 5. The van der Waals surface area contributed by atoms with Gasteiger partial charge < -0.3 is 15.0 Å². The van der Waals surface area contributed by atoms with Crippen molar-refractivity contribution in [3.8, 4) is 5.75 Å². The summed E-state index contributed by atoms with van der Waals surface area (Å²) in [6, 6.07) is 14.7. The van der Waals surface area contributed by atoms with Gasteiger partial charge in [0.15, 0.2) is 0 Å². The second-order valence-corrected chi connectivity index (χ2v) is 5.56. The number of anilines is 1. The molecule has 0 radical (unpaired) electrons. The third kappa shape index (κ3) is 3.78. The Labute approximate surface area is 151 Å². The first-order valence-corrected chi connectivity index (χ1v) is 7.61. The Morgan fingerprint density at radius 1 is 1.04 bits per heavy atom. The third-order valence-corrected chi connectivity index (χ3v) is 3.94. The fourth-order valence-electron chi connectivity index (χ4n) is 2.70. The van der Waals surface area contributed by atoms with Crippen LogP contribution in [-0.2, 0) is 26.8 Å². The maximum Gasteiger partial charge on any atom is 2.00 e. The number of nitrogens with one attached hydrogen (secondary N) is 1. The molecule has 1 heterocycles. The third-order valence-electron chi connectivity index (χ3n) is 3.94. The van der Waals surface area contributed by atoms with Gasteiger partial charge in [-0.3, -0.25) is 0 Å². The van der Waals surface area contributed by atoms with Gasteiger partial charge in [0.1, 0.15) is 5.75 Å². The van der Waals surface area contributed by atoms with Crippen LogP contribution in [0.25, 0.3) is 10.8 Å². The normalized spacial score (nSPS) is 10.4. The van der Waals surface area contributed by atoms with Crippen LogP contribution in [0.5, 0.6) is 5.75 Å². The summed E-state index contributed by atoms with van der Waals surface area (Å²) in [5.74, 6) is 1.79. The van der Waals surface area contributed by atoms with Crippen LogP contribution in [0.15, 0.2) is 42.5 Å². The van der Waals surface area contributed by atoms with E-state index in [-0.39, 0.29) is 20.4 Å². The van der Waals surface area contributed by atoms with Gasteiger partial charge in [0.25, 0.3) is 0 Å². The van der Waals surface area contributed by atoms with Crippen molar-refractivity contribution in [2.24, 2.45) is 0 Å². The van der Waals surface area contributed by atoms with Gasteiger partial charge in [-0.25, -0.2) is 0 Å². The van der Waals surface area contributed by atoms with Crippen molar-refractivity contribution in [2.75, 3.05) is 19.0 Å². The summed E-state index contributed by atoms with van der Waals surface area (Å²) in [6.45, 7) is 4.79. The fourth-order valence-corrected chi connectivity index (χ4v) is 2.70. The van der Waals surface area contributed by atoms with Crippen LogP contribution in [-0.4, -0.2) is 13.7 Å². The Balaban J connectivity index is 0.00000192. The standard InChI is InChI=1S/C19H21N2O.Pd/c1-13-7-9-15(10-8-13)11-12-22-17-6-4-5-16-14(2)21-19(20-3)18(16)17;/h4-10,20H,11-12H2,1-3H3;/q-1;+2. The minimum atomic E-state index is 0. The Bertz CT molecular complexity index is 778. The summed E-state index contributed by atoms with van der Waals surface area (Å²) >= 11 is 0. The molecular formula is C19H21N2OPd+. The van der Waals surface area contributed by atoms with Crippen LogP contribution < -0.4 is 15.0 Å². The molecule has 0 aliphatic carbocycles. The molecule has 2 aromatic carbocycles. The molecule has 0 atom stereocenters. The first-order valence-electron chi connectivity index (χ1n) is 7.61. The zero-order valence-electron chi connectivity index (χ0n) is 13.6. The van der Waals surface area contributed by atoms with Crippen LogP contribution in [0.4, 0.5) is 5.82 Å². The molecule has 0 unspecified atom stereocenters. The van der Waals surface area contributed by atoms with Crippen molar-refractivity contribution in [3.05, 3.63) is 59.3 Å². The second kappa shape index (κ2) is 7.68. The predicted octanol–water partition coefficient (Wildman–Crippen LogP) is 4.07. The molecule has 4 heteroatoms. The number of aromatic nitrogens is 1. The fraction of sp³-hybridized carbons (Fsp3) is 0.263. The quantitative estimate of drug-likeness (QED) is 0.657. The van der Waals surface area contributed by atoms with Crippen molar-refractivity contribution >= 4 is 16.6 Å². The van der Waals surface area contributed by atoms with Gasteiger partial charge in [-0.05, 0) is 30.9 Å². The molecule has 0 aliphatic rings.